The van der Waals surface area contributed by atoms with Gasteiger partial charge in [0.1, 0.15) is 0 Å². The van der Waals surface area contributed by atoms with E-state index in [-0.39, 0.29) is 24.4 Å². The van der Waals surface area contributed by atoms with E-state index in [0.717, 1.165) is 25.7 Å². The van der Waals surface area contributed by atoms with Gasteiger partial charge in [-0.1, -0.05) is 25.7 Å². The maximum absolute atomic E-state index is 6.05. The monoisotopic (exact) mass is 460 g/mol. The van der Waals surface area contributed by atoms with E-state index < -0.39 is 0 Å². The summed E-state index contributed by atoms with van der Waals surface area (Å²) in [4.78, 5) is 0. The molecule has 0 aromatic carbocycles. The first-order valence-electron chi connectivity index (χ1n) is 12.7. The number of ether oxygens (including phenoxy) is 8. The minimum absolute atomic E-state index is 0.151. The largest absolute Gasteiger partial charge is 0.377 e. The first-order valence-corrected chi connectivity index (χ1v) is 12.7. The zero-order valence-corrected chi connectivity index (χ0v) is 19.7. The topological polar surface area (TPSA) is 73.8 Å². The van der Waals surface area contributed by atoms with E-state index in [1.54, 1.807) is 0 Å². The van der Waals surface area contributed by atoms with Crippen LogP contribution in [-0.4, -0.2) is 104 Å². The highest BCUT2D eigenvalue weighted by Gasteiger charge is 2.27. The fourth-order valence-corrected chi connectivity index (χ4v) is 4.57. The molecule has 0 N–H and O–H groups in total. The summed E-state index contributed by atoms with van der Waals surface area (Å²) < 4.78 is 46.8. The molecule has 0 aromatic rings. The Hall–Kier alpha value is -0.320. The van der Waals surface area contributed by atoms with Gasteiger partial charge >= 0.3 is 0 Å². The van der Waals surface area contributed by atoms with E-state index in [4.69, 9.17) is 37.9 Å². The van der Waals surface area contributed by atoms with Crippen molar-refractivity contribution in [2.75, 3.05) is 79.3 Å². The summed E-state index contributed by atoms with van der Waals surface area (Å²) in [5.74, 6) is 0. The van der Waals surface area contributed by atoms with Gasteiger partial charge in [-0.2, -0.15) is 0 Å². The van der Waals surface area contributed by atoms with Gasteiger partial charge in [0.2, 0.25) is 0 Å². The van der Waals surface area contributed by atoms with E-state index in [2.05, 4.69) is 0 Å². The molecule has 8 nitrogen and oxygen atoms in total. The van der Waals surface area contributed by atoms with Crippen molar-refractivity contribution >= 4 is 0 Å². The van der Waals surface area contributed by atoms with Crippen molar-refractivity contribution < 1.29 is 37.9 Å². The summed E-state index contributed by atoms with van der Waals surface area (Å²) in [5.41, 5.74) is 0. The number of hydrogen-bond acceptors (Lipinski definition) is 8. The predicted molar refractivity (Wildman–Crippen MR) is 119 cm³/mol. The summed E-state index contributed by atoms with van der Waals surface area (Å²) in [7, 11) is 0. The molecule has 4 atom stereocenters. The molecule has 0 amide bonds. The van der Waals surface area contributed by atoms with E-state index in [9.17, 15) is 0 Å². The van der Waals surface area contributed by atoms with Gasteiger partial charge in [0.25, 0.3) is 0 Å². The molecule has 2 saturated carbocycles. The van der Waals surface area contributed by atoms with Gasteiger partial charge in [-0.15, -0.1) is 0 Å². The lowest BCUT2D eigenvalue weighted by atomic mass is 9.94. The summed E-state index contributed by atoms with van der Waals surface area (Å²) in [6, 6.07) is 0. The molecule has 2 aliphatic carbocycles. The lowest BCUT2D eigenvalue weighted by molar-refractivity contribution is -0.119. The summed E-state index contributed by atoms with van der Waals surface area (Å²) >= 11 is 0. The zero-order valence-electron chi connectivity index (χ0n) is 19.7. The van der Waals surface area contributed by atoms with Crippen LogP contribution in [0, 0.1) is 0 Å². The molecule has 1 heterocycles. The molecule has 1 aliphatic heterocycles. The van der Waals surface area contributed by atoms with Gasteiger partial charge in [-0.3, -0.25) is 0 Å². The third-order valence-corrected chi connectivity index (χ3v) is 6.27. The lowest BCUT2D eigenvalue weighted by Crippen LogP contribution is -2.36. The molecule has 0 unspecified atom stereocenters. The molecule has 3 rings (SSSR count). The second kappa shape index (κ2) is 17.2. The third-order valence-electron chi connectivity index (χ3n) is 6.27. The van der Waals surface area contributed by atoms with Crippen LogP contribution >= 0.6 is 0 Å². The van der Waals surface area contributed by atoms with Crippen molar-refractivity contribution in [1.29, 1.82) is 0 Å². The Balaban J connectivity index is 1.36. The Morgan fingerprint density at radius 3 is 0.750 bits per heavy atom. The lowest BCUT2D eigenvalue weighted by Gasteiger charge is -2.31. The zero-order chi connectivity index (χ0) is 22.1. The molecule has 0 bridgehead atoms. The maximum atomic E-state index is 6.05. The number of fused-ring (bicyclic) bond motifs is 2. The van der Waals surface area contributed by atoms with Crippen LogP contribution in [0.15, 0.2) is 0 Å². The van der Waals surface area contributed by atoms with Crippen molar-refractivity contribution in [1.82, 2.24) is 0 Å². The highest BCUT2D eigenvalue weighted by molar-refractivity contribution is 4.77. The van der Waals surface area contributed by atoms with Crippen LogP contribution in [0.5, 0.6) is 0 Å². The molecule has 8 heteroatoms. The first kappa shape index (κ1) is 26.3. The van der Waals surface area contributed by atoms with E-state index in [0.29, 0.717) is 79.3 Å². The second-order valence-corrected chi connectivity index (χ2v) is 8.66. The van der Waals surface area contributed by atoms with Gasteiger partial charge < -0.3 is 37.9 Å². The molecular weight excluding hydrogens is 416 g/mol. The Kier molecular flexibility index (Phi) is 14.1. The van der Waals surface area contributed by atoms with Crippen LogP contribution < -0.4 is 0 Å². The van der Waals surface area contributed by atoms with Crippen molar-refractivity contribution in [3.8, 4) is 0 Å². The Labute approximate surface area is 193 Å². The molecular formula is C24H44O8. The van der Waals surface area contributed by atoms with Crippen molar-refractivity contribution in [2.24, 2.45) is 0 Å². The average Bonchev–Trinajstić information content (AvgIpc) is 2.82. The smallest absolute Gasteiger partial charge is 0.0837 e. The SMILES string of the molecule is C1CC[C@@H]2OCCOCCOCCO[C@@H]3CCCC[C@H]3OCCOCCOCCO[C@H]2C1. The van der Waals surface area contributed by atoms with Crippen molar-refractivity contribution in [2.45, 2.75) is 75.8 Å². The quantitative estimate of drug-likeness (QED) is 0.546. The highest BCUT2D eigenvalue weighted by atomic mass is 16.6. The summed E-state index contributed by atoms with van der Waals surface area (Å²) in [6.07, 6.45) is 9.58. The first-order chi connectivity index (χ1) is 15.9. The van der Waals surface area contributed by atoms with Crippen LogP contribution in [0.3, 0.4) is 0 Å². The minimum atomic E-state index is 0.151. The fourth-order valence-electron chi connectivity index (χ4n) is 4.57. The van der Waals surface area contributed by atoms with E-state index >= 15 is 0 Å². The average molecular weight is 461 g/mol. The Morgan fingerprint density at radius 1 is 0.281 bits per heavy atom. The Bertz CT molecular complexity index is 372. The van der Waals surface area contributed by atoms with E-state index in [1.165, 1.54) is 25.7 Å². The molecule has 1 saturated heterocycles. The van der Waals surface area contributed by atoms with Crippen LogP contribution in [0.2, 0.25) is 0 Å². The summed E-state index contributed by atoms with van der Waals surface area (Å²) in [5, 5.41) is 0. The van der Waals surface area contributed by atoms with Crippen LogP contribution in [0.4, 0.5) is 0 Å². The maximum Gasteiger partial charge on any atom is 0.0837 e. The minimum Gasteiger partial charge on any atom is -0.377 e. The third kappa shape index (κ3) is 10.7. The van der Waals surface area contributed by atoms with Crippen molar-refractivity contribution in [3.05, 3.63) is 0 Å². The van der Waals surface area contributed by atoms with Crippen LogP contribution in [-0.2, 0) is 37.9 Å². The second-order valence-electron chi connectivity index (χ2n) is 8.66. The molecule has 3 fully saturated rings. The standard InChI is InChI=1S/C24H44O8/c1-2-6-22-21(5-1)29-17-13-25-9-10-27-15-19-31-23-7-3-4-8-24(23)32-20-16-28-12-11-26-14-18-30-22/h21-24H,1-20H2/t21-,22-,23+,24+. The van der Waals surface area contributed by atoms with E-state index in [1.807, 2.05) is 0 Å². The molecule has 0 spiro atoms. The van der Waals surface area contributed by atoms with Crippen LogP contribution in [0.25, 0.3) is 0 Å². The van der Waals surface area contributed by atoms with Gasteiger partial charge in [0.15, 0.2) is 0 Å². The number of hydrogen-bond donors (Lipinski definition) is 0. The molecule has 188 valence electrons. The predicted octanol–water partition coefficient (Wildman–Crippen LogP) is 2.76. The molecule has 32 heavy (non-hydrogen) atoms. The fraction of sp³-hybridized carbons (Fsp3) is 1.00. The Morgan fingerprint density at radius 2 is 0.500 bits per heavy atom. The van der Waals surface area contributed by atoms with Crippen LogP contribution in [0.1, 0.15) is 51.4 Å². The van der Waals surface area contributed by atoms with Gasteiger partial charge in [-0.25, -0.2) is 0 Å². The van der Waals surface area contributed by atoms with Gasteiger partial charge in [0.05, 0.1) is 104 Å². The molecule has 3 aliphatic rings. The highest BCUT2D eigenvalue weighted by Crippen LogP contribution is 2.24. The summed E-state index contributed by atoms with van der Waals surface area (Å²) in [6.45, 7) is 6.94. The van der Waals surface area contributed by atoms with Gasteiger partial charge in [0, 0.05) is 0 Å². The van der Waals surface area contributed by atoms with Gasteiger partial charge in [-0.05, 0) is 25.7 Å². The normalized spacial score (nSPS) is 34.5. The molecule has 0 radical (unpaired) electrons. The molecule has 0 aromatic heterocycles. The number of rotatable bonds is 0. The van der Waals surface area contributed by atoms with Crippen molar-refractivity contribution in [3.63, 3.8) is 0 Å².